The van der Waals surface area contributed by atoms with E-state index in [1.165, 1.54) is 22.7 Å². The number of hydrogen-bond acceptors (Lipinski definition) is 5. The third-order valence-corrected chi connectivity index (χ3v) is 7.57. The fourth-order valence-corrected chi connectivity index (χ4v) is 5.51. The number of halogens is 1. The number of furan rings is 1. The zero-order valence-electron chi connectivity index (χ0n) is 19.9. The molecule has 1 amide bonds. The van der Waals surface area contributed by atoms with E-state index in [9.17, 15) is 13.2 Å². The van der Waals surface area contributed by atoms with Crippen LogP contribution in [-0.2, 0) is 23.1 Å². The van der Waals surface area contributed by atoms with E-state index in [1.54, 1.807) is 36.4 Å². The maximum absolute atomic E-state index is 13.8. The lowest BCUT2D eigenvalue weighted by molar-refractivity contribution is 0.0996. The Balaban J connectivity index is 1.72. The molecule has 0 atom stereocenters. The van der Waals surface area contributed by atoms with Crippen LogP contribution in [0.5, 0.6) is 0 Å². The van der Waals surface area contributed by atoms with Crippen LogP contribution in [0.1, 0.15) is 21.7 Å². The Morgan fingerprint density at radius 2 is 1.69 bits per heavy atom. The summed E-state index contributed by atoms with van der Waals surface area (Å²) in [5.74, 6) is -0.210. The molecule has 0 saturated carbocycles. The van der Waals surface area contributed by atoms with Gasteiger partial charge in [-0.15, -0.1) is 0 Å². The lowest BCUT2D eigenvalue weighted by Crippen LogP contribution is -2.31. The van der Waals surface area contributed by atoms with Crippen LogP contribution in [0, 0.1) is 0 Å². The first-order valence-electron chi connectivity index (χ1n) is 11.2. The van der Waals surface area contributed by atoms with Gasteiger partial charge in [-0.1, -0.05) is 48.0 Å². The molecule has 186 valence electrons. The van der Waals surface area contributed by atoms with Crippen molar-refractivity contribution in [3.8, 4) is 0 Å². The summed E-state index contributed by atoms with van der Waals surface area (Å²) >= 11 is 6.12. The van der Waals surface area contributed by atoms with Crippen molar-refractivity contribution < 1.29 is 17.6 Å². The molecule has 1 aromatic heterocycles. The molecule has 3 aromatic carbocycles. The number of carbonyl (C=O) groups excluding carboxylic acids is 1. The summed E-state index contributed by atoms with van der Waals surface area (Å²) in [5, 5.41) is 3.16. The van der Waals surface area contributed by atoms with Gasteiger partial charge < -0.3 is 14.6 Å². The Kier molecular flexibility index (Phi) is 7.79. The maximum atomic E-state index is 13.8. The van der Waals surface area contributed by atoms with E-state index in [-0.39, 0.29) is 23.7 Å². The molecule has 7 nitrogen and oxygen atoms in total. The van der Waals surface area contributed by atoms with Gasteiger partial charge in [-0.25, -0.2) is 8.42 Å². The van der Waals surface area contributed by atoms with Crippen molar-refractivity contribution in [2.45, 2.75) is 18.0 Å². The van der Waals surface area contributed by atoms with Gasteiger partial charge in [0.05, 0.1) is 11.2 Å². The number of nitrogens with zero attached hydrogens (tertiary/aromatic N) is 2. The monoisotopic (exact) mass is 523 g/mol. The van der Waals surface area contributed by atoms with Gasteiger partial charge >= 0.3 is 0 Å². The molecular weight excluding hydrogens is 498 g/mol. The molecule has 0 radical (unpaired) electrons. The molecule has 0 saturated heterocycles. The first-order valence-corrected chi connectivity index (χ1v) is 13.0. The minimum absolute atomic E-state index is 0.0711. The minimum Gasteiger partial charge on any atom is -0.459 e. The van der Waals surface area contributed by atoms with Crippen LogP contribution >= 0.6 is 11.6 Å². The van der Waals surface area contributed by atoms with Crippen molar-refractivity contribution in [3.63, 3.8) is 0 Å². The fourth-order valence-electron chi connectivity index (χ4n) is 3.81. The number of carbonyl (C=O) groups is 1. The molecule has 0 unspecified atom stereocenters. The molecule has 0 bridgehead atoms. The lowest BCUT2D eigenvalue weighted by Gasteiger charge is -2.26. The summed E-state index contributed by atoms with van der Waals surface area (Å²) < 4.78 is 34.1. The topological polar surface area (TPSA) is 82.9 Å². The van der Waals surface area contributed by atoms with Gasteiger partial charge in [0.25, 0.3) is 5.91 Å². The van der Waals surface area contributed by atoms with Crippen molar-refractivity contribution >= 4 is 38.9 Å². The molecule has 0 aliphatic heterocycles. The standard InChI is InChI=1S/C27H26ClN3O4S/c1-30(2)25-14-13-23(29-27(32)26-12-7-15-35-26)16-21(25)19-31(18-20-8-4-3-5-9-20)36(33,34)24-11-6-10-22(28)17-24/h3-17H,18-19H2,1-2H3,(H,29,32). The highest BCUT2D eigenvalue weighted by Gasteiger charge is 2.26. The highest BCUT2D eigenvalue weighted by Crippen LogP contribution is 2.29. The first-order chi connectivity index (χ1) is 17.2. The van der Waals surface area contributed by atoms with Crippen LogP contribution in [0.4, 0.5) is 11.4 Å². The quantitative estimate of drug-likeness (QED) is 0.307. The molecule has 0 aliphatic rings. The first kappa shape index (κ1) is 25.5. The van der Waals surface area contributed by atoms with Gasteiger partial charge in [-0.3, -0.25) is 4.79 Å². The molecule has 9 heteroatoms. The average molecular weight is 524 g/mol. The van der Waals surface area contributed by atoms with Crippen LogP contribution in [0.25, 0.3) is 0 Å². The minimum atomic E-state index is -3.91. The Hall–Kier alpha value is -3.59. The van der Waals surface area contributed by atoms with Gasteiger partial charge in [0, 0.05) is 43.6 Å². The predicted molar refractivity (Wildman–Crippen MR) is 142 cm³/mol. The molecule has 4 rings (SSSR count). The zero-order chi connectivity index (χ0) is 25.7. The molecule has 0 aliphatic carbocycles. The van der Waals surface area contributed by atoms with E-state index >= 15 is 0 Å². The second kappa shape index (κ2) is 11.0. The maximum Gasteiger partial charge on any atom is 0.291 e. The van der Waals surface area contributed by atoms with Crippen molar-refractivity contribution in [1.29, 1.82) is 0 Å². The number of nitrogens with one attached hydrogen (secondary N) is 1. The summed E-state index contributed by atoms with van der Waals surface area (Å²) in [6.45, 7) is 0.229. The molecule has 4 aromatic rings. The smallest absolute Gasteiger partial charge is 0.291 e. The van der Waals surface area contributed by atoms with Gasteiger partial charge in [0.1, 0.15) is 0 Å². The zero-order valence-corrected chi connectivity index (χ0v) is 21.5. The van der Waals surface area contributed by atoms with E-state index < -0.39 is 15.9 Å². The van der Waals surface area contributed by atoms with Gasteiger partial charge in [-0.2, -0.15) is 4.31 Å². The Bertz CT molecular complexity index is 1440. The van der Waals surface area contributed by atoms with E-state index in [1.807, 2.05) is 55.4 Å². The van der Waals surface area contributed by atoms with Crippen LogP contribution in [-0.4, -0.2) is 32.7 Å². The molecule has 0 spiro atoms. The second-order valence-electron chi connectivity index (χ2n) is 8.39. The van der Waals surface area contributed by atoms with Crippen LogP contribution in [0.15, 0.2) is 101 Å². The Morgan fingerprint density at radius 3 is 2.36 bits per heavy atom. The van der Waals surface area contributed by atoms with Crippen molar-refractivity contribution in [2.75, 3.05) is 24.3 Å². The number of rotatable bonds is 9. The van der Waals surface area contributed by atoms with Crippen molar-refractivity contribution in [2.24, 2.45) is 0 Å². The van der Waals surface area contributed by atoms with E-state index in [4.69, 9.17) is 16.0 Å². The van der Waals surface area contributed by atoms with Gasteiger partial charge in [-0.05, 0) is 59.7 Å². The summed E-state index contributed by atoms with van der Waals surface area (Å²) in [5.41, 5.74) is 2.91. The van der Waals surface area contributed by atoms with E-state index in [0.29, 0.717) is 10.7 Å². The second-order valence-corrected chi connectivity index (χ2v) is 10.8. The number of benzene rings is 3. The normalized spacial score (nSPS) is 11.4. The number of anilines is 2. The van der Waals surface area contributed by atoms with Crippen LogP contribution in [0.2, 0.25) is 5.02 Å². The Labute approximate surface area is 216 Å². The van der Waals surface area contributed by atoms with Crippen LogP contribution in [0.3, 0.4) is 0 Å². The average Bonchev–Trinajstić information content (AvgIpc) is 3.40. The number of amides is 1. The van der Waals surface area contributed by atoms with E-state index in [0.717, 1.165) is 16.8 Å². The van der Waals surface area contributed by atoms with E-state index in [2.05, 4.69) is 5.32 Å². The number of sulfonamides is 1. The summed E-state index contributed by atoms with van der Waals surface area (Å²) in [6.07, 6.45) is 1.43. The fraction of sp³-hybridized carbons (Fsp3) is 0.148. The van der Waals surface area contributed by atoms with Gasteiger partial charge in [0.2, 0.25) is 10.0 Å². The number of hydrogen-bond donors (Lipinski definition) is 1. The molecule has 0 fully saturated rings. The lowest BCUT2D eigenvalue weighted by atomic mass is 10.1. The molecule has 1 heterocycles. The highest BCUT2D eigenvalue weighted by molar-refractivity contribution is 7.89. The summed E-state index contributed by atoms with van der Waals surface area (Å²) in [4.78, 5) is 14.5. The molecule has 36 heavy (non-hydrogen) atoms. The SMILES string of the molecule is CN(C)c1ccc(NC(=O)c2ccco2)cc1CN(Cc1ccccc1)S(=O)(=O)c1cccc(Cl)c1. The van der Waals surface area contributed by atoms with Crippen molar-refractivity contribution in [3.05, 3.63) is 113 Å². The third kappa shape index (κ3) is 5.96. The summed E-state index contributed by atoms with van der Waals surface area (Å²) in [7, 11) is -0.142. The highest BCUT2D eigenvalue weighted by atomic mass is 35.5. The summed E-state index contributed by atoms with van der Waals surface area (Å²) in [6, 6.07) is 24.2. The van der Waals surface area contributed by atoms with Gasteiger partial charge in [0.15, 0.2) is 5.76 Å². The predicted octanol–water partition coefficient (Wildman–Crippen LogP) is 5.64. The van der Waals surface area contributed by atoms with Crippen molar-refractivity contribution in [1.82, 2.24) is 4.31 Å². The Morgan fingerprint density at radius 1 is 0.917 bits per heavy atom. The largest absolute Gasteiger partial charge is 0.459 e. The molecular formula is C27H26ClN3O4S. The molecule has 1 N–H and O–H groups in total. The third-order valence-electron chi connectivity index (χ3n) is 5.55. The van der Waals surface area contributed by atoms with Crippen LogP contribution < -0.4 is 10.2 Å².